The van der Waals surface area contributed by atoms with E-state index in [9.17, 15) is 4.79 Å². The molecule has 0 saturated carbocycles. The summed E-state index contributed by atoms with van der Waals surface area (Å²) in [5.41, 5.74) is 3.77. The first-order valence-corrected chi connectivity index (χ1v) is 11.0. The number of hydrogen-bond acceptors (Lipinski definition) is 5. The molecule has 1 saturated heterocycles. The van der Waals surface area contributed by atoms with Crippen LogP contribution in [-0.2, 0) is 18.3 Å². The lowest BCUT2D eigenvalue weighted by molar-refractivity contribution is -0.122. The van der Waals surface area contributed by atoms with Gasteiger partial charge in [0.15, 0.2) is 0 Å². The lowest BCUT2D eigenvalue weighted by Crippen LogP contribution is -2.29. The van der Waals surface area contributed by atoms with Gasteiger partial charge in [0.05, 0.1) is 23.8 Å². The van der Waals surface area contributed by atoms with E-state index in [1.54, 1.807) is 4.68 Å². The van der Waals surface area contributed by atoms with Crippen LogP contribution in [0.15, 0.2) is 36.7 Å². The van der Waals surface area contributed by atoms with Gasteiger partial charge in [-0.3, -0.25) is 9.48 Å². The first kappa shape index (κ1) is 20.7. The van der Waals surface area contributed by atoms with Gasteiger partial charge in [-0.1, -0.05) is 19.9 Å². The molecule has 0 aliphatic carbocycles. The highest BCUT2D eigenvalue weighted by molar-refractivity contribution is 5.86. The van der Waals surface area contributed by atoms with Crippen molar-refractivity contribution < 1.29 is 4.79 Å². The predicted molar refractivity (Wildman–Crippen MR) is 119 cm³/mol. The second kappa shape index (κ2) is 9.04. The summed E-state index contributed by atoms with van der Waals surface area (Å²) in [5, 5.41) is 13.9. The zero-order chi connectivity index (χ0) is 21.1. The zero-order valence-corrected chi connectivity index (χ0v) is 18.2. The maximum Gasteiger partial charge on any atom is 0.142 e. The van der Waals surface area contributed by atoms with Crippen LogP contribution in [-0.4, -0.2) is 50.3 Å². The molecule has 6 heteroatoms. The predicted octanol–water partition coefficient (Wildman–Crippen LogP) is 3.90. The lowest BCUT2D eigenvalue weighted by atomic mass is 9.93. The highest BCUT2D eigenvalue weighted by Crippen LogP contribution is 2.24. The molecule has 0 bridgehead atoms. The van der Waals surface area contributed by atoms with Crippen LogP contribution in [0.1, 0.15) is 38.8 Å². The number of rotatable bonds is 6. The molecule has 1 aliphatic rings. The van der Waals surface area contributed by atoms with Gasteiger partial charge in [-0.25, -0.2) is 0 Å². The average molecular weight is 406 g/mol. The summed E-state index contributed by atoms with van der Waals surface area (Å²) in [5.74, 6) is 1.11. The third-order valence-corrected chi connectivity index (χ3v) is 5.93. The number of aryl methyl sites for hydroxylation is 1. The van der Waals surface area contributed by atoms with Gasteiger partial charge in [-0.15, -0.1) is 0 Å². The van der Waals surface area contributed by atoms with Crippen molar-refractivity contribution in [2.75, 3.05) is 19.6 Å². The molecule has 4 rings (SSSR count). The van der Waals surface area contributed by atoms with E-state index in [-0.39, 0.29) is 5.92 Å². The zero-order valence-electron chi connectivity index (χ0n) is 18.2. The molecule has 6 nitrogen and oxygen atoms in total. The topological polar surface area (TPSA) is 63.9 Å². The molecule has 30 heavy (non-hydrogen) atoms. The summed E-state index contributed by atoms with van der Waals surface area (Å²) >= 11 is 0. The molecule has 1 unspecified atom stereocenters. The number of hydrogen-bond donors (Lipinski definition) is 0. The van der Waals surface area contributed by atoms with Crippen LogP contribution in [0.3, 0.4) is 0 Å². The number of aromatic nitrogens is 4. The van der Waals surface area contributed by atoms with Gasteiger partial charge in [0, 0.05) is 36.7 Å². The monoisotopic (exact) mass is 405 g/mol. The van der Waals surface area contributed by atoms with E-state index in [1.807, 2.05) is 37.6 Å². The van der Waals surface area contributed by atoms with Gasteiger partial charge in [-0.05, 0) is 62.0 Å². The average Bonchev–Trinajstić information content (AvgIpc) is 3.01. The van der Waals surface area contributed by atoms with E-state index in [2.05, 4.69) is 40.1 Å². The first-order chi connectivity index (χ1) is 14.5. The Kier molecular flexibility index (Phi) is 6.23. The summed E-state index contributed by atoms with van der Waals surface area (Å²) in [4.78, 5) is 15.5. The van der Waals surface area contributed by atoms with Gasteiger partial charge < -0.3 is 4.90 Å². The number of likely N-dealkylation sites (tertiary alicyclic amines) is 1. The van der Waals surface area contributed by atoms with Crippen LogP contribution < -0.4 is 0 Å². The molecule has 0 amide bonds. The standard InChI is InChI=1S/C24H31N5O/c1-17(2)15-29-9-4-5-18(8-10-29)24(30)13-22-12-20-11-19(6-7-23(20)27-26-22)21-14-25-28(3)16-21/h6-7,11-12,14,16-18H,4-5,8-10,13,15H2,1-3H3. The van der Waals surface area contributed by atoms with Crippen molar-refractivity contribution in [1.82, 2.24) is 24.9 Å². The summed E-state index contributed by atoms with van der Waals surface area (Å²) in [6.45, 7) is 7.76. The van der Waals surface area contributed by atoms with Crippen LogP contribution in [0.4, 0.5) is 0 Å². The summed E-state index contributed by atoms with van der Waals surface area (Å²) in [6, 6.07) is 8.13. The molecular formula is C24H31N5O. The van der Waals surface area contributed by atoms with Gasteiger partial charge in [0.2, 0.25) is 0 Å². The number of carbonyl (C=O) groups is 1. The molecule has 3 aromatic rings. The molecular weight excluding hydrogens is 374 g/mol. The molecule has 0 spiro atoms. The molecule has 158 valence electrons. The smallest absolute Gasteiger partial charge is 0.142 e. The fourth-order valence-corrected chi connectivity index (χ4v) is 4.42. The Morgan fingerprint density at radius 1 is 1.13 bits per heavy atom. The van der Waals surface area contributed by atoms with Gasteiger partial charge >= 0.3 is 0 Å². The molecule has 1 aliphatic heterocycles. The van der Waals surface area contributed by atoms with Crippen molar-refractivity contribution in [1.29, 1.82) is 0 Å². The van der Waals surface area contributed by atoms with E-state index in [1.165, 1.54) is 0 Å². The number of Topliss-reactive ketones (excluding diaryl/α,β-unsaturated/α-hetero) is 1. The SMILES string of the molecule is CC(C)CN1CCCC(C(=O)Cc2cc3cc(-c4cnn(C)c4)ccc3nn2)CC1. The minimum atomic E-state index is 0.140. The van der Waals surface area contributed by atoms with E-state index in [0.717, 1.165) is 66.6 Å². The maximum absolute atomic E-state index is 13.0. The largest absolute Gasteiger partial charge is 0.303 e. The number of fused-ring (bicyclic) bond motifs is 1. The molecule has 0 N–H and O–H groups in total. The minimum absolute atomic E-state index is 0.140. The molecule has 0 radical (unpaired) electrons. The quantitative estimate of drug-likeness (QED) is 0.622. The molecule has 2 aromatic heterocycles. The van der Waals surface area contributed by atoms with E-state index in [4.69, 9.17) is 0 Å². The molecule has 1 aromatic carbocycles. The van der Waals surface area contributed by atoms with Crippen LogP contribution in [0.25, 0.3) is 22.0 Å². The number of benzene rings is 1. The third kappa shape index (κ3) is 4.93. The van der Waals surface area contributed by atoms with Crippen molar-refractivity contribution in [3.05, 3.63) is 42.4 Å². The lowest BCUT2D eigenvalue weighted by Gasteiger charge is -2.22. The Hall–Kier alpha value is -2.60. The number of ketones is 1. The fourth-order valence-electron chi connectivity index (χ4n) is 4.42. The van der Waals surface area contributed by atoms with E-state index in [0.29, 0.717) is 18.1 Å². The summed E-state index contributed by atoms with van der Waals surface area (Å²) in [6.07, 6.45) is 7.26. The Bertz CT molecular complexity index is 1030. The van der Waals surface area contributed by atoms with Gasteiger partial charge in [-0.2, -0.15) is 15.3 Å². The summed E-state index contributed by atoms with van der Waals surface area (Å²) in [7, 11) is 1.91. The van der Waals surface area contributed by atoms with Crippen molar-refractivity contribution in [2.24, 2.45) is 18.9 Å². The Balaban J connectivity index is 1.46. The maximum atomic E-state index is 13.0. The molecule has 1 fully saturated rings. The Morgan fingerprint density at radius 3 is 2.77 bits per heavy atom. The minimum Gasteiger partial charge on any atom is -0.303 e. The second-order valence-corrected chi connectivity index (χ2v) is 8.98. The van der Waals surface area contributed by atoms with Gasteiger partial charge in [0.25, 0.3) is 0 Å². The molecule has 3 heterocycles. The Morgan fingerprint density at radius 2 is 2.00 bits per heavy atom. The Labute approximate surface area is 178 Å². The van der Waals surface area contributed by atoms with E-state index >= 15 is 0 Å². The molecule has 1 atom stereocenters. The number of nitrogens with zero attached hydrogens (tertiary/aromatic N) is 5. The van der Waals surface area contributed by atoms with Crippen molar-refractivity contribution in [3.8, 4) is 11.1 Å². The van der Waals surface area contributed by atoms with Crippen LogP contribution in [0, 0.1) is 11.8 Å². The first-order valence-electron chi connectivity index (χ1n) is 11.0. The van der Waals surface area contributed by atoms with Crippen molar-refractivity contribution in [2.45, 2.75) is 39.5 Å². The summed E-state index contributed by atoms with van der Waals surface area (Å²) < 4.78 is 1.80. The highest BCUT2D eigenvalue weighted by atomic mass is 16.1. The van der Waals surface area contributed by atoms with Crippen LogP contribution in [0.2, 0.25) is 0 Å². The third-order valence-electron chi connectivity index (χ3n) is 5.93. The van der Waals surface area contributed by atoms with Crippen molar-refractivity contribution in [3.63, 3.8) is 0 Å². The van der Waals surface area contributed by atoms with Gasteiger partial charge in [0.1, 0.15) is 5.78 Å². The van der Waals surface area contributed by atoms with E-state index < -0.39 is 0 Å². The highest BCUT2D eigenvalue weighted by Gasteiger charge is 2.23. The van der Waals surface area contributed by atoms with Crippen LogP contribution >= 0.6 is 0 Å². The number of carbonyl (C=O) groups excluding carboxylic acids is 1. The second-order valence-electron chi connectivity index (χ2n) is 8.98. The normalized spacial score (nSPS) is 18.1. The van der Waals surface area contributed by atoms with Crippen LogP contribution in [0.5, 0.6) is 0 Å². The fraction of sp³-hybridized carbons (Fsp3) is 0.500. The van der Waals surface area contributed by atoms with Crippen molar-refractivity contribution >= 4 is 16.7 Å².